The minimum Gasteiger partial charge on any atom is -0.493 e. The monoisotopic (exact) mass is 222 g/mol. The van der Waals surface area contributed by atoms with Gasteiger partial charge in [0.25, 0.3) is 0 Å². The van der Waals surface area contributed by atoms with Gasteiger partial charge in [-0.3, -0.25) is 0 Å². The SMILES string of the molecule is BC1OC2(COC#C)CCOC1C2OC=C. The topological polar surface area (TPSA) is 36.9 Å². The van der Waals surface area contributed by atoms with E-state index >= 15 is 0 Å². The van der Waals surface area contributed by atoms with E-state index in [1.54, 1.807) is 0 Å². The van der Waals surface area contributed by atoms with Crippen LogP contribution in [0.1, 0.15) is 6.42 Å². The van der Waals surface area contributed by atoms with Gasteiger partial charge in [0.1, 0.15) is 32.3 Å². The van der Waals surface area contributed by atoms with E-state index in [9.17, 15) is 0 Å². The minimum absolute atomic E-state index is 0.0196. The predicted molar refractivity (Wildman–Crippen MR) is 60.4 cm³/mol. The lowest BCUT2D eigenvalue weighted by Crippen LogP contribution is -2.52. The molecule has 0 aromatic carbocycles. The zero-order valence-corrected chi connectivity index (χ0v) is 9.35. The molecule has 5 heteroatoms. The van der Waals surface area contributed by atoms with Crippen molar-refractivity contribution in [3.63, 3.8) is 0 Å². The molecule has 4 atom stereocenters. The maximum absolute atomic E-state index is 5.92. The molecule has 2 aliphatic heterocycles. The lowest BCUT2D eigenvalue weighted by atomic mass is 9.86. The molecular weight excluding hydrogens is 207 g/mol. The van der Waals surface area contributed by atoms with Gasteiger partial charge in [-0.25, -0.2) is 0 Å². The molecule has 0 amide bonds. The van der Waals surface area contributed by atoms with Crippen LogP contribution < -0.4 is 0 Å². The van der Waals surface area contributed by atoms with Crippen molar-refractivity contribution in [2.24, 2.45) is 0 Å². The molecule has 4 unspecified atom stereocenters. The summed E-state index contributed by atoms with van der Waals surface area (Å²) in [4.78, 5) is 0. The highest BCUT2D eigenvalue weighted by atomic mass is 16.6. The number of fused-ring (bicyclic) bond motifs is 2. The second-order valence-electron chi connectivity index (χ2n) is 4.10. The van der Waals surface area contributed by atoms with E-state index in [2.05, 4.69) is 12.7 Å². The van der Waals surface area contributed by atoms with Crippen LogP contribution in [0.5, 0.6) is 0 Å². The molecule has 0 aromatic rings. The molecule has 0 saturated carbocycles. The molecule has 0 spiro atoms. The van der Waals surface area contributed by atoms with Crippen molar-refractivity contribution in [2.75, 3.05) is 13.2 Å². The van der Waals surface area contributed by atoms with Crippen LogP contribution in [-0.4, -0.2) is 44.9 Å². The molecule has 0 aromatic heterocycles. The normalized spacial score (nSPS) is 41.1. The molecule has 0 aliphatic carbocycles. The molecule has 2 fully saturated rings. The summed E-state index contributed by atoms with van der Waals surface area (Å²) < 4.78 is 22.1. The van der Waals surface area contributed by atoms with Crippen molar-refractivity contribution in [3.8, 4) is 12.5 Å². The first-order chi connectivity index (χ1) is 7.73. The Morgan fingerprint density at radius 2 is 2.50 bits per heavy atom. The summed E-state index contributed by atoms with van der Waals surface area (Å²) in [6.45, 7) is 4.54. The Hall–Kier alpha value is -1.12. The quantitative estimate of drug-likeness (QED) is 0.370. The average molecular weight is 222 g/mol. The number of rotatable bonds is 4. The van der Waals surface area contributed by atoms with Crippen LogP contribution in [0.15, 0.2) is 12.8 Å². The highest BCUT2D eigenvalue weighted by Crippen LogP contribution is 2.40. The highest BCUT2D eigenvalue weighted by Gasteiger charge is 2.58. The standard InChI is InChI=1S/C11H15BO4/c1-3-13-7-11-5-6-15-8(10(12)16-11)9(11)14-4-2/h1,4,8-10H,2,5-7,12H2. The van der Waals surface area contributed by atoms with E-state index in [0.717, 1.165) is 0 Å². The summed E-state index contributed by atoms with van der Waals surface area (Å²) >= 11 is 0. The summed E-state index contributed by atoms with van der Waals surface area (Å²) in [5.41, 5.74) is -0.497. The van der Waals surface area contributed by atoms with Crippen LogP contribution in [0.2, 0.25) is 0 Å². The number of hydrogen-bond acceptors (Lipinski definition) is 4. The zero-order chi connectivity index (χ0) is 11.6. The molecular formula is C11H15BO4. The third-order valence-corrected chi connectivity index (χ3v) is 3.18. The first-order valence-electron chi connectivity index (χ1n) is 5.37. The molecule has 0 N–H and O–H groups in total. The van der Waals surface area contributed by atoms with Gasteiger partial charge in [-0.15, -0.1) is 0 Å². The predicted octanol–water partition coefficient (Wildman–Crippen LogP) is -0.361. The van der Waals surface area contributed by atoms with E-state index in [0.29, 0.717) is 19.6 Å². The Kier molecular flexibility index (Phi) is 3.13. The van der Waals surface area contributed by atoms with Crippen molar-refractivity contribution < 1.29 is 18.9 Å². The van der Waals surface area contributed by atoms with Crippen LogP contribution in [0, 0.1) is 12.5 Å². The minimum atomic E-state index is -0.497. The second-order valence-corrected chi connectivity index (χ2v) is 4.10. The molecule has 2 saturated heterocycles. The molecule has 0 radical (unpaired) electrons. The van der Waals surface area contributed by atoms with Crippen molar-refractivity contribution in [1.82, 2.24) is 0 Å². The molecule has 2 bridgehead atoms. The third kappa shape index (κ3) is 1.68. The fourth-order valence-electron chi connectivity index (χ4n) is 2.50. The maximum atomic E-state index is 5.92. The molecule has 4 nitrogen and oxygen atoms in total. The number of ether oxygens (including phenoxy) is 4. The van der Waals surface area contributed by atoms with E-state index < -0.39 is 5.60 Å². The Bertz CT molecular complexity index is 314. The fourth-order valence-corrected chi connectivity index (χ4v) is 2.50. The summed E-state index contributed by atoms with van der Waals surface area (Å²) in [6, 6.07) is -0.0196. The van der Waals surface area contributed by atoms with Gasteiger partial charge in [-0.2, -0.15) is 0 Å². The molecule has 2 aliphatic rings. The van der Waals surface area contributed by atoms with Gasteiger partial charge in [0, 0.05) is 6.42 Å². The van der Waals surface area contributed by atoms with Crippen molar-refractivity contribution in [1.29, 1.82) is 0 Å². The summed E-state index contributed by atoms with van der Waals surface area (Å²) in [7, 11) is 1.97. The zero-order valence-electron chi connectivity index (χ0n) is 9.35. The first kappa shape index (κ1) is 11.4. The van der Waals surface area contributed by atoms with E-state index in [1.165, 1.54) is 6.26 Å². The summed E-state index contributed by atoms with van der Waals surface area (Å²) in [5.74, 6) is 0. The smallest absolute Gasteiger partial charge is 0.158 e. The summed E-state index contributed by atoms with van der Waals surface area (Å²) in [5, 5.41) is 0. The second kappa shape index (κ2) is 4.40. The molecule has 16 heavy (non-hydrogen) atoms. The first-order valence-corrected chi connectivity index (χ1v) is 5.37. The highest BCUT2D eigenvalue weighted by molar-refractivity contribution is 6.11. The van der Waals surface area contributed by atoms with Gasteiger partial charge in [0.15, 0.2) is 6.10 Å². The Labute approximate surface area is 96.3 Å². The van der Waals surface area contributed by atoms with Gasteiger partial charge in [-0.1, -0.05) is 13.0 Å². The number of hydrogen-bond donors (Lipinski definition) is 0. The van der Waals surface area contributed by atoms with Crippen LogP contribution in [0.4, 0.5) is 0 Å². The lowest BCUT2D eigenvalue weighted by Gasteiger charge is -2.37. The van der Waals surface area contributed by atoms with Crippen molar-refractivity contribution >= 4 is 7.85 Å². The third-order valence-electron chi connectivity index (χ3n) is 3.18. The van der Waals surface area contributed by atoms with Gasteiger partial charge in [0.2, 0.25) is 0 Å². The van der Waals surface area contributed by atoms with Crippen LogP contribution in [0.25, 0.3) is 0 Å². The van der Waals surface area contributed by atoms with Crippen molar-refractivity contribution in [3.05, 3.63) is 12.8 Å². The van der Waals surface area contributed by atoms with Crippen LogP contribution >= 0.6 is 0 Å². The van der Waals surface area contributed by atoms with Crippen LogP contribution in [-0.2, 0) is 18.9 Å². The van der Waals surface area contributed by atoms with Gasteiger partial charge in [-0.05, 0) is 0 Å². The van der Waals surface area contributed by atoms with Crippen molar-refractivity contribution in [2.45, 2.75) is 30.2 Å². The average Bonchev–Trinajstić information content (AvgIpc) is 2.44. The lowest BCUT2D eigenvalue weighted by molar-refractivity contribution is -0.140. The van der Waals surface area contributed by atoms with Crippen LogP contribution in [0.3, 0.4) is 0 Å². The number of terminal acetylenes is 1. The molecule has 86 valence electrons. The maximum Gasteiger partial charge on any atom is 0.158 e. The van der Waals surface area contributed by atoms with E-state index in [-0.39, 0.29) is 18.2 Å². The Balaban J connectivity index is 2.19. The van der Waals surface area contributed by atoms with Gasteiger partial charge in [0.05, 0.1) is 18.9 Å². The van der Waals surface area contributed by atoms with Gasteiger partial charge >= 0.3 is 0 Å². The summed E-state index contributed by atoms with van der Waals surface area (Å²) in [6.07, 6.45) is 9.14. The Morgan fingerprint density at radius 3 is 3.19 bits per heavy atom. The Morgan fingerprint density at radius 1 is 1.69 bits per heavy atom. The molecule has 2 rings (SSSR count). The van der Waals surface area contributed by atoms with E-state index in [1.807, 2.05) is 7.85 Å². The van der Waals surface area contributed by atoms with Gasteiger partial charge < -0.3 is 18.9 Å². The van der Waals surface area contributed by atoms with E-state index in [4.69, 9.17) is 25.4 Å². The molecule has 2 heterocycles. The fraction of sp³-hybridized carbons (Fsp3) is 0.636. The largest absolute Gasteiger partial charge is 0.493 e.